The predicted molar refractivity (Wildman–Crippen MR) is 89.0 cm³/mol. The van der Waals surface area contributed by atoms with Crippen molar-refractivity contribution in [1.82, 2.24) is 4.90 Å². The van der Waals surface area contributed by atoms with Crippen LogP contribution in [0.1, 0.15) is 23.2 Å². The highest BCUT2D eigenvalue weighted by molar-refractivity contribution is 5.94. The van der Waals surface area contributed by atoms with Gasteiger partial charge in [-0.2, -0.15) is 0 Å². The largest absolute Gasteiger partial charge is 0.378 e. The summed E-state index contributed by atoms with van der Waals surface area (Å²) in [5.74, 6) is 2.96. The number of terminal acetylenes is 1. The predicted octanol–water partition coefficient (Wildman–Crippen LogP) is 2.25. The monoisotopic (exact) mass is 300 g/mol. The molecule has 1 aliphatic rings. The first-order valence-corrected chi connectivity index (χ1v) is 7.69. The van der Waals surface area contributed by atoms with Crippen molar-refractivity contribution in [2.24, 2.45) is 5.92 Å². The number of likely N-dealkylation sites (tertiary alicyclic amines) is 1. The fraction of sp³-hybridized carbons (Fsp3) is 0.500. The van der Waals surface area contributed by atoms with Gasteiger partial charge in [0.1, 0.15) is 6.61 Å². The van der Waals surface area contributed by atoms with Gasteiger partial charge in [0, 0.05) is 44.4 Å². The summed E-state index contributed by atoms with van der Waals surface area (Å²) >= 11 is 0. The molecule has 0 bridgehead atoms. The fourth-order valence-electron chi connectivity index (χ4n) is 2.75. The summed E-state index contributed by atoms with van der Waals surface area (Å²) in [7, 11) is 3.98. The Morgan fingerprint density at radius 2 is 2.14 bits per heavy atom. The van der Waals surface area contributed by atoms with E-state index in [2.05, 4.69) is 5.92 Å². The van der Waals surface area contributed by atoms with E-state index in [0.29, 0.717) is 19.1 Å². The summed E-state index contributed by atoms with van der Waals surface area (Å²) in [6, 6.07) is 7.75. The van der Waals surface area contributed by atoms with Crippen LogP contribution in [0.4, 0.5) is 5.69 Å². The molecule has 1 heterocycles. The molecule has 0 aromatic heterocycles. The molecular formula is C18H24N2O2. The van der Waals surface area contributed by atoms with E-state index in [1.54, 1.807) is 0 Å². The van der Waals surface area contributed by atoms with Gasteiger partial charge in [-0.1, -0.05) is 5.92 Å². The summed E-state index contributed by atoms with van der Waals surface area (Å²) in [6.07, 6.45) is 7.30. The molecule has 1 saturated heterocycles. The van der Waals surface area contributed by atoms with Crippen LogP contribution in [-0.2, 0) is 4.74 Å². The third-order valence-electron chi connectivity index (χ3n) is 3.98. The lowest BCUT2D eigenvalue weighted by Gasteiger charge is -2.32. The molecule has 1 atom stereocenters. The Morgan fingerprint density at radius 1 is 1.41 bits per heavy atom. The molecule has 1 unspecified atom stereocenters. The highest BCUT2D eigenvalue weighted by atomic mass is 16.5. The summed E-state index contributed by atoms with van der Waals surface area (Å²) < 4.78 is 5.42. The minimum absolute atomic E-state index is 0.104. The molecule has 1 aliphatic heterocycles. The van der Waals surface area contributed by atoms with Crippen LogP contribution in [0.25, 0.3) is 0 Å². The van der Waals surface area contributed by atoms with E-state index in [4.69, 9.17) is 11.2 Å². The standard InChI is InChI=1S/C18H24N2O2/c1-4-12-22-14-15-6-5-11-20(13-15)18(21)16-7-9-17(10-8-16)19(2)3/h1,7-10,15H,5-6,11-14H2,2-3H3. The van der Waals surface area contributed by atoms with Gasteiger partial charge in [0.25, 0.3) is 5.91 Å². The third-order valence-corrected chi connectivity index (χ3v) is 3.98. The van der Waals surface area contributed by atoms with Crippen molar-refractivity contribution in [3.05, 3.63) is 29.8 Å². The second-order valence-electron chi connectivity index (χ2n) is 5.92. The number of piperidine rings is 1. The number of benzene rings is 1. The Hall–Kier alpha value is -1.99. The van der Waals surface area contributed by atoms with Crippen LogP contribution in [0.15, 0.2) is 24.3 Å². The maximum absolute atomic E-state index is 12.6. The minimum atomic E-state index is 0.104. The van der Waals surface area contributed by atoms with Crippen LogP contribution in [-0.4, -0.2) is 51.2 Å². The SMILES string of the molecule is C#CCOCC1CCCN(C(=O)c2ccc(N(C)C)cc2)C1. The van der Waals surface area contributed by atoms with Crippen molar-refractivity contribution < 1.29 is 9.53 Å². The van der Waals surface area contributed by atoms with Crippen molar-refractivity contribution in [3.63, 3.8) is 0 Å². The smallest absolute Gasteiger partial charge is 0.253 e. The van der Waals surface area contributed by atoms with Crippen LogP contribution in [0.2, 0.25) is 0 Å². The average Bonchev–Trinajstić information content (AvgIpc) is 2.55. The Morgan fingerprint density at radius 3 is 2.77 bits per heavy atom. The number of hydrogen-bond acceptors (Lipinski definition) is 3. The molecular weight excluding hydrogens is 276 g/mol. The number of hydrogen-bond donors (Lipinski definition) is 0. The van der Waals surface area contributed by atoms with E-state index in [1.807, 2.05) is 48.2 Å². The van der Waals surface area contributed by atoms with Crippen molar-refractivity contribution in [1.29, 1.82) is 0 Å². The van der Waals surface area contributed by atoms with E-state index in [0.717, 1.165) is 37.2 Å². The number of carbonyl (C=O) groups excluding carboxylic acids is 1. The Balaban J connectivity index is 1.95. The molecule has 22 heavy (non-hydrogen) atoms. The van der Waals surface area contributed by atoms with Crippen molar-refractivity contribution in [2.75, 3.05) is 45.3 Å². The highest BCUT2D eigenvalue weighted by Gasteiger charge is 2.24. The van der Waals surface area contributed by atoms with Crippen LogP contribution in [0.3, 0.4) is 0 Å². The molecule has 1 aromatic rings. The lowest BCUT2D eigenvalue weighted by atomic mass is 9.98. The van der Waals surface area contributed by atoms with E-state index < -0.39 is 0 Å². The first kappa shape index (κ1) is 16.4. The number of ether oxygens (including phenoxy) is 1. The first-order valence-electron chi connectivity index (χ1n) is 7.69. The second kappa shape index (κ2) is 7.86. The molecule has 118 valence electrons. The lowest BCUT2D eigenvalue weighted by Crippen LogP contribution is -2.41. The van der Waals surface area contributed by atoms with E-state index >= 15 is 0 Å². The quantitative estimate of drug-likeness (QED) is 0.618. The molecule has 0 N–H and O–H groups in total. The molecule has 0 radical (unpaired) electrons. The van der Waals surface area contributed by atoms with Gasteiger partial charge in [0.15, 0.2) is 0 Å². The maximum atomic E-state index is 12.6. The number of nitrogens with zero attached hydrogens (tertiary/aromatic N) is 2. The normalized spacial score (nSPS) is 17.9. The van der Waals surface area contributed by atoms with E-state index in [1.165, 1.54) is 0 Å². The minimum Gasteiger partial charge on any atom is -0.378 e. The molecule has 2 rings (SSSR count). The van der Waals surface area contributed by atoms with Gasteiger partial charge in [-0.05, 0) is 37.1 Å². The van der Waals surface area contributed by atoms with Gasteiger partial charge in [-0.15, -0.1) is 6.42 Å². The summed E-state index contributed by atoms with van der Waals surface area (Å²) in [5, 5.41) is 0. The average molecular weight is 300 g/mol. The molecule has 4 heteroatoms. The Kier molecular flexibility index (Phi) is 5.85. The van der Waals surface area contributed by atoms with Gasteiger partial charge < -0.3 is 14.5 Å². The lowest BCUT2D eigenvalue weighted by molar-refractivity contribution is 0.0534. The molecule has 0 aliphatic carbocycles. The molecule has 0 saturated carbocycles. The third kappa shape index (κ3) is 4.25. The molecule has 1 fully saturated rings. The van der Waals surface area contributed by atoms with Crippen molar-refractivity contribution in [3.8, 4) is 12.3 Å². The summed E-state index contributed by atoms with van der Waals surface area (Å²) in [5.41, 5.74) is 1.84. The fourth-order valence-corrected chi connectivity index (χ4v) is 2.75. The van der Waals surface area contributed by atoms with Gasteiger partial charge in [0.2, 0.25) is 0 Å². The Bertz CT molecular complexity index is 531. The van der Waals surface area contributed by atoms with Gasteiger partial charge in [0.05, 0.1) is 6.61 Å². The highest BCUT2D eigenvalue weighted by Crippen LogP contribution is 2.20. The summed E-state index contributed by atoms with van der Waals surface area (Å²) in [6.45, 7) is 2.54. The van der Waals surface area contributed by atoms with Gasteiger partial charge in [-0.3, -0.25) is 4.79 Å². The topological polar surface area (TPSA) is 32.8 Å². The second-order valence-corrected chi connectivity index (χ2v) is 5.92. The molecule has 1 amide bonds. The number of amides is 1. The first-order chi connectivity index (χ1) is 10.6. The molecule has 0 spiro atoms. The zero-order chi connectivity index (χ0) is 15.9. The van der Waals surface area contributed by atoms with Gasteiger partial charge >= 0.3 is 0 Å². The molecule has 4 nitrogen and oxygen atoms in total. The van der Waals surface area contributed by atoms with Crippen LogP contribution >= 0.6 is 0 Å². The number of rotatable bonds is 5. The van der Waals surface area contributed by atoms with Crippen LogP contribution in [0.5, 0.6) is 0 Å². The number of carbonyl (C=O) groups is 1. The Labute approximate surface area is 133 Å². The van der Waals surface area contributed by atoms with Crippen molar-refractivity contribution >= 4 is 11.6 Å². The zero-order valence-electron chi connectivity index (χ0n) is 13.4. The zero-order valence-corrected chi connectivity index (χ0v) is 13.4. The number of anilines is 1. The van der Waals surface area contributed by atoms with E-state index in [9.17, 15) is 4.79 Å². The van der Waals surface area contributed by atoms with E-state index in [-0.39, 0.29) is 5.91 Å². The van der Waals surface area contributed by atoms with Crippen LogP contribution < -0.4 is 4.90 Å². The van der Waals surface area contributed by atoms with Gasteiger partial charge in [-0.25, -0.2) is 0 Å². The maximum Gasteiger partial charge on any atom is 0.253 e. The molecule has 1 aromatic carbocycles. The van der Waals surface area contributed by atoms with Crippen LogP contribution in [0, 0.1) is 18.3 Å². The summed E-state index contributed by atoms with van der Waals surface area (Å²) in [4.78, 5) is 16.5. The van der Waals surface area contributed by atoms with Crippen molar-refractivity contribution in [2.45, 2.75) is 12.8 Å².